The number of aryl methyl sites for hydroxylation is 1. The Bertz CT molecular complexity index is 762. The molecule has 0 aromatic heterocycles. The Hall–Kier alpha value is -2.49. The molecule has 0 aliphatic carbocycles. The molecular formula is C23H30N2O2. The molecule has 2 aromatic rings. The second kappa shape index (κ2) is 8.94. The van der Waals surface area contributed by atoms with Crippen LogP contribution in [0, 0.1) is 6.92 Å². The minimum absolute atomic E-state index is 0.00828. The summed E-state index contributed by atoms with van der Waals surface area (Å²) < 4.78 is 5.65. The number of piperidine rings is 1. The van der Waals surface area contributed by atoms with Gasteiger partial charge >= 0.3 is 0 Å². The minimum Gasteiger partial charge on any atom is -0.484 e. The fourth-order valence-electron chi connectivity index (χ4n) is 3.64. The van der Waals surface area contributed by atoms with Crippen molar-refractivity contribution in [3.05, 3.63) is 53.6 Å². The van der Waals surface area contributed by atoms with Crippen molar-refractivity contribution in [1.82, 2.24) is 0 Å². The smallest absolute Gasteiger partial charge is 0.262 e. The maximum Gasteiger partial charge on any atom is 0.262 e. The van der Waals surface area contributed by atoms with Crippen molar-refractivity contribution in [3.8, 4) is 5.75 Å². The quantitative estimate of drug-likeness (QED) is 0.771. The SMILES string of the molecule is Cc1cc(OCC(=O)Nc2ccc(N3CCCCC3)cc2)ccc1C(C)C. The zero-order valence-corrected chi connectivity index (χ0v) is 16.6. The molecule has 1 heterocycles. The average Bonchev–Trinajstić information content (AvgIpc) is 2.67. The summed E-state index contributed by atoms with van der Waals surface area (Å²) in [4.78, 5) is 14.6. The van der Waals surface area contributed by atoms with Gasteiger partial charge in [0.2, 0.25) is 0 Å². The van der Waals surface area contributed by atoms with E-state index in [9.17, 15) is 4.79 Å². The second-order valence-corrected chi connectivity index (χ2v) is 7.60. The third-order valence-electron chi connectivity index (χ3n) is 5.11. The van der Waals surface area contributed by atoms with E-state index in [0.717, 1.165) is 24.5 Å². The van der Waals surface area contributed by atoms with Gasteiger partial charge in [-0.15, -0.1) is 0 Å². The van der Waals surface area contributed by atoms with Gasteiger partial charge in [0, 0.05) is 24.5 Å². The molecule has 144 valence electrons. The normalized spacial score (nSPS) is 14.3. The van der Waals surface area contributed by atoms with Crippen molar-refractivity contribution in [1.29, 1.82) is 0 Å². The van der Waals surface area contributed by atoms with Crippen LogP contribution < -0.4 is 15.0 Å². The van der Waals surface area contributed by atoms with Gasteiger partial charge < -0.3 is 15.0 Å². The zero-order valence-electron chi connectivity index (χ0n) is 16.6. The Labute approximate surface area is 162 Å². The molecule has 1 saturated heterocycles. The van der Waals surface area contributed by atoms with Crippen molar-refractivity contribution in [2.24, 2.45) is 0 Å². The van der Waals surface area contributed by atoms with E-state index in [-0.39, 0.29) is 12.5 Å². The number of ether oxygens (including phenoxy) is 1. The van der Waals surface area contributed by atoms with Crippen LogP contribution in [0.15, 0.2) is 42.5 Å². The molecule has 1 amide bonds. The van der Waals surface area contributed by atoms with E-state index in [4.69, 9.17) is 4.74 Å². The third kappa shape index (κ3) is 5.25. The number of hydrogen-bond acceptors (Lipinski definition) is 3. The van der Waals surface area contributed by atoms with E-state index in [1.54, 1.807) is 0 Å². The number of hydrogen-bond donors (Lipinski definition) is 1. The maximum atomic E-state index is 12.2. The fraction of sp³-hybridized carbons (Fsp3) is 0.435. The van der Waals surface area contributed by atoms with Gasteiger partial charge in [-0.1, -0.05) is 19.9 Å². The number of anilines is 2. The van der Waals surface area contributed by atoms with Crippen molar-refractivity contribution in [2.75, 3.05) is 29.9 Å². The molecule has 0 bridgehead atoms. The minimum atomic E-state index is -0.147. The van der Waals surface area contributed by atoms with E-state index in [2.05, 4.69) is 49.2 Å². The van der Waals surface area contributed by atoms with Crippen LogP contribution in [0.3, 0.4) is 0 Å². The van der Waals surface area contributed by atoms with Gasteiger partial charge in [0.1, 0.15) is 5.75 Å². The second-order valence-electron chi connectivity index (χ2n) is 7.60. The molecular weight excluding hydrogens is 336 g/mol. The van der Waals surface area contributed by atoms with Gasteiger partial charge in [-0.25, -0.2) is 0 Å². The van der Waals surface area contributed by atoms with E-state index >= 15 is 0 Å². The Morgan fingerprint density at radius 1 is 1.07 bits per heavy atom. The van der Waals surface area contributed by atoms with Gasteiger partial charge in [-0.05, 0) is 79.6 Å². The van der Waals surface area contributed by atoms with Gasteiger partial charge in [-0.2, -0.15) is 0 Å². The lowest BCUT2D eigenvalue weighted by molar-refractivity contribution is -0.118. The molecule has 1 aliphatic heterocycles. The summed E-state index contributed by atoms with van der Waals surface area (Å²) in [5, 5.41) is 2.90. The van der Waals surface area contributed by atoms with Crippen molar-refractivity contribution < 1.29 is 9.53 Å². The van der Waals surface area contributed by atoms with Gasteiger partial charge in [0.25, 0.3) is 5.91 Å². The van der Waals surface area contributed by atoms with Crippen LogP contribution in [0.2, 0.25) is 0 Å². The fourth-order valence-corrected chi connectivity index (χ4v) is 3.64. The van der Waals surface area contributed by atoms with Crippen LogP contribution in [0.1, 0.15) is 50.2 Å². The molecule has 3 rings (SSSR count). The molecule has 0 spiro atoms. The topological polar surface area (TPSA) is 41.6 Å². The number of amides is 1. The summed E-state index contributed by atoms with van der Waals surface area (Å²) in [5.41, 5.74) is 4.53. The highest BCUT2D eigenvalue weighted by molar-refractivity contribution is 5.92. The molecule has 1 N–H and O–H groups in total. The first kappa shape index (κ1) is 19.3. The summed E-state index contributed by atoms with van der Waals surface area (Å²) in [7, 11) is 0. The van der Waals surface area contributed by atoms with E-state index < -0.39 is 0 Å². The zero-order chi connectivity index (χ0) is 19.2. The molecule has 4 heteroatoms. The number of nitrogens with zero attached hydrogens (tertiary/aromatic N) is 1. The average molecular weight is 367 g/mol. The van der Waals surface area contributed by atoms with Crippen LogP contribution in [-0.4, -0.2) is 25.6 Å². The number of nitrogens with one attached hydrogen (secondary N) is 1. The first-order valence-electron chi connectivity index (χ1n) is 9.91. The summed E-state index contributed by atoms with van der Waals surface area (Å²) in [6.07, 6.45) is 3.84. The summed E-state index contributed by atoms with van der Waals surface area (Å²) in [5.74, 6) is 1.06. The lowest BCUT2D eigenvalue weighted by atomic mass is 9.98. The summed E-state index contributed by atoms with van der Waals surface area (Å²) in [6.45, 7) is 8.67. The standard InChI is InChI=1S/C23H30N2O2/c1-17(2)22-12-11-21(15-18(22)3)27-16-23(26)24-19-7-9-20(10-8-19)25-13-5-4-6-14-25/h7-12,15,17H,4-6,13-14,16H2,1-3H3,(H,24,26). The van der Waals surface area contributed by atoms with Gasteiger partial charge in [0.05, 0.1) is 0 Å². The van der Waals surface area contributed by atoms with Crippen LogP contribution in [0.5, 0.6) is 5.75 Å². The first-order chi connectivity index (χ1) is 13.0. The highest BCUT2D eigenvalue weighted by Gasteiger charge is 2.11. The lowest BCUT2D eigenvalue weighted by Crippen LogP contribution is -2.29. The van der Waals surface area contributed by atoms with Crippen LogP contribution in [0.4, 0.5) is 11.4 Å². The lowest BCUT2D eigenvalue weighted by Gasteiger charge is -2.28. The van der Waals surface area contributed by atoms with E-state index in [1.807, 2.05) is 24.3 Å². The van der Waals surface area contributed by atoms with Crippen LogP contribution in [0.25, 0.3) is 0 Å². The highest BCUT2D eigenvalue weighted by Crippen LogP contribution is 2.24. The number of benzene rings is 2. The molecule has 27 heavy (non-hydrogen) atoms. The van der Waals surface area contributed by atoms with Gasteiger partial charge in [0.15, 0.2) is 6.61 Å². The van der Waals surface area contributed by atoms with Crippen molar-refractivity contribution in [2.45, 2.75) is 46.0 Å². The largest absolute Gasteiger partial charge is 0.484 e. The maximum absolute atomic E-state index is 12.2. The molecule has 4 nitrogen and oxygen atoms in total. The third-order valence-corrected chi connectivity index (χ3v) is 5.11. The molecule has 0 radical (unpaired) electrons. The Kier molecular flexibility index (Phi) is 6.38. The van der Waals surface area contributed by atoms with E-state index in [1.165, 1.54) is 36.1 Å². The molecule has 1 fully saturated rings. The Morgan fingerprint density at radius 3 is 2.41 bits per heavy atom. The molecule has 1 aliphatic rings. The monoisotopic (exact) mass is 366 g/mol. The number of carbonyl (C=O) groups excluding carboxylic acids is 1. The van der Waals surface area contributed by atoms with Gasteiger partial charge in [-0.3, -0.25) is 4.79 Å². The number of carbonyl (C=O) groups is 1. The van der Waals surface area contributed by atoms with Crippen molar-refractivity contribution in [3.63, 3.8) is 0 Å². The van der Waals surface area contributed by atoms with Crippen molar-refractivity contribution >= 4 is 17.3 Å². The van der Waals surface area contributed by atoms with Crippen LogP contribution >= 0.6 is 0 Å². The first-order valence-corrected chi connectivity index (χ1v) is 9.91. The predicted octanol–water partition coefficient (Wildman–Crippen LogP) is 5.13. The predicted molar refractivity (Wildman–Crippen MR) is 112 cm³/mol. The number of rotatable bonds is 6. The summed E-state index contributed by atoms with van der Waals surface area (Å²) >= 11 is 0. The molecule has 2 aromatic carbocycles. The Morgan fingerprint density at radius 2 is 1.78 bits per heavy atom. The summed E-state index contributed by atoms with van der Waals surface area (Å²) in [6, 6.07) is 14.1. The highest BCUT2D eigenvalue weighted by atomic mass is 16.5. The molecule has 0 saturated carbocycles. The van der Waals surface area contributed by atoms with Crippen LogP contribution in [-0.2, 0) is 4.79 Å². The Balaban J connectivity index is 1.51. The molecule has 0 atom stereocenters. The molecule has 0 unspecified atom stereocenters. The van der Waals surface area contributed by atoms with E-state index in [0.29, 0.717) is 5.92 Å².